The summed E-state index contributed by atoms with van der Waals surface area (Å²) < 4.78 is 27.1. The van der Waals surface area contributed by atoms with Gasteiger partial charge in [0.05, 0.1) is 5.92 Å². The number of hydrogen-bond acceptors (Lipinski definition) is 2. The molecule has 0 aliphatic heterocycles. The van der Waals surface area contributed by atoms with Crippen molar-refractivity contribution >= 4 is 12.0 Å². The summed E-state index contributed by atoms with van der Waals surface area (Å²) in [7, 11) is 0. The zero-order valence-electron chi connectivity index (χ0n) is 13.3. The lowest BCUT2D eigenvalue weighted by Crippen LogP contribution is -2.45. The van der Waals surface area contributed by atoms with Crippen molar-refractivity contribution in [3.05, 3.63) is 0 Å². The molecule has 1 unspecified atom stereocenters. The minimum absolute atomic E-state index is 0.0267. The van der Waals surface area contributed by atoms with Crippen molar-refractivity contribution in [3.8, 4) is 0 Å². The third kappa shape index (κ3) is 5.95. The van der Waals surface area contributed by atoms with Gasteiger partial charge in [0.25, 0.3) is 0 Å². The highest BCUT2D eigenvalue weighted by molar-refractivity contribution is 5.74. The van der Waals surface area contributed by atoms with Gasteiger partial charge in [0.2, 0.25) is 5.92 Å². The molecule has 0 aromatic heterocycles. The van der Waals surface area contributed by atoms with Crippen LogP contribution in [-0.4, -0.2) is 35.6 Å². The van der Waals surface area contributed by atoms with Gasteiger partial charge in [-0.15, -0.1) is 0 Å². The summed E-state index contributed by atoms with van der Waals surface area (Å²) in [6.45, 7) is 0.270. The number of aliphatic carboxylic acids is 1. The number of rotatable bonds is 4. The van der Waals surface area contributed by atoms with Gasteiger partial charge in [0.1, 0.15) is 0 Å². The number of amides is 2. The molecule has 132 valence electrons. The zero-order valence-corrected chi connectivity index (χ0v) is 13.3. The first kappa shape index (κ1) is 17.9. The molecule has 0 aromatic carbocycles. The first-order valence-electron chi connectivity index (χ1n) is 8.51. The normalized spacial score (nSPS) is 31.0. The number of alkyl halides is 2. The highest BCUT2D eigenvalue weighted by Crippen LogP contribution is 2.34. The van der Waals surface area contributed by atoms with E-state index in [9.17, 15) is 18.4 Å². The average molecular weight is 332 g/mol. The Balaban J connectivity index is 1.68. The fourth-order valence-corrected chi connectivity index (χ4v) is 3.58. The molecule has 5 nitrogen and oxygen atoms in total. The Labute approximate surface area is 135 Å². The van der Waals surface area contributed by atoms with Gasteiger partial charge in [-0.3, -0.25) is 4.79 Å². The van der Waals surface area contributed by atoms with Crippen LogP contribution >= 0.6 is 0 Å². The molecule has 0 bridgehead atoms. The van der Waals surface area contributed by atoms with Gasteiger partial charge in [-0.25, -0.2) is 13.6 Å². The molecule has 2 saturated carbocycles. The Hall–Kier alpha value is -1.40. The van der Waals surface area contributed by atoms with Crippen molar-refractivity contribution in [1.29, 1.82) is 0 Å². The number of halogens is 2. The molecule has 2 fully saturated rings. The minimum Gasteiger partial charge on any atom is -0.481 e. The summed E-state index contributed by atoms with van der Waals surface area (Å²) in [6.07, 6.45) is 4.26. The Morgan fingerprint density at radius 1 is 1.09 bits per heavy atom. The molecular weight excluding hydrogens is 306 g/mol. The number of carboxylic acid groups (broad SMARTS) is 1. The van der Waals surface area contributed by atoms with Crippen molar-refractivity contribution in [1.82, 2.24) is 10.6 Å². The Morgan fingerprint density at radius 2 is 1.78 bits per heavy atom. The molecule has 0 radical (unpaired) electrons. The number of carboxylic acids is 1. The van der Waals surface area contributed by atoms with Crippen LogP contribution in [0.25, 0.3) is 0 Å². The maximum Gasteiger partial charge on any atom is 0.315 e. The smallest absolute Gasteiger partial charge is 0.315 e. The number of hydrogen-bond donors (Lipinski definition) is 3. The third-order valence-electron chi connectivity index (χ3n) is 4.96. The van der Waals surface area contributed by atoms with E-state index < -0.39 is 11.9 Å². The van der Waals surface area contributed by atoms with Crippen LogP contribution in [0.5, 0.6) is 0 Å². The van der Waals surface area contributed by atoms with Gasteiger partial charge in [-0.2, -0.15) is 0 Å². The molecule has 2 amide bonds. The first-order valence-corrected chi connectivity index (χ1v) is 8.51. The van der Waals surface area contributed by atoms with E-state index in [4.69, 9.17) is 5.11 Å². The second-order valence-electron chi connectivity index (χ2n) is 6.91. The summed E-state index contributed by atoms with van der Waals surface area (Å²) in [5, 5.41) is 14.5. The van der Waals surface area contributed by atoms with Crippen LogP contribution in [0.15, 0.2) is 0 Å². The monoisotopic (exact) mass is 332 g/mol. The summed E-state index contributed by atoms with van der Waals surface area (Å²) in [6, 6.07) is -0.363. The highest BCUT2D eigenvalue weighted by atomic mass is 19.3. The van der Waals surface area contributed by atoms with Crippen LogP contribution < -0.4 is 10.6 Å². The van der Waals surface area contributed by atoms with Crippen LogP contribution in [-0.2, 0) is 4.79 Å². The molecule has 0 spiro atoms. The maximum atomic E-state index is 13.5. The maximum absolute atomic E-state index is 13.5. The molecule has 3 N–H and O–H groups in total. The SMILES string of the molecule is O=C(NCC1CCCCC(F)(F)C1)NC1CCC(C(=O)O)CC1. The second kappa shape index (κ2) is 7.93. The quantitative estimate of drug-likeness (QED) is 0.692. The summed E-state index contributed by atoms with van der Waals surface area (Å²) in [5.74, 6) is -3.89. The molecule has 0 heterocycles. The topological polar surface area (TPSA) is 78.4 Å². The lowest BCUT2D eigenvalue weighted by atomic mass is 9.86. The van der Waals surface area contributed by atoms with Gasteiger partial charge < -0.3 is 15.7 Å². The number of carbonyl (C=O) groups excluding carboxylic acids is 1. The predicted molar refractivity (Wildman–Crippen MR) is 81.4 cm³/mol. The minimum atomic E-state index is -2.62. The zero-order chi connectivity index (χ0) is 16.9. The molecule has 2 rings (SSSR count). The first-order chi connectivity index (χ1) is 10.9. The molecular formula is C16H26F2N2O3. The Morgan fingerprint density at radius 3 is 2.43 bits per heavy atom. The Kier molecular flexibility index (Phi) is 6.18. The van der Waals surface area contributed by atoms with Crippen molar-refractivity contribution in [3.63, 3.8) is 0 Å². The van der Waals surface area contributed by atoms with E-state index in [-0.39, 0.29) is 43.3 Å². The molecule has 0 saturated heterocycles. The van der Waals surface area contributed by atoms with Gasteiger partial charge in [-0.1, -0.05) is 6.42 Å². The number of urea groups is 1. The lowest BCUT2D eigenvalue weighted by Gasteiger charge is -2.27. The predicted octanol–water partition coefficient (Wildman–Crippen LogP) is 3.14. The molecule has 0 aromatic rings. The molecule has 2 aliphatic carbocycles. The van der Waals surface area contributed by atoms with Gasteiger partial charge in [0, 0.05) is 25.4 Å². The van der Waals surface area contributed by atoms with Crippen LogP contribution in [0.1, 0.15) is 57.8 Å². The van der Waals surface area contributed by atoms with Crippen molar-refractivity contribution in [2.45, 2.75) is 69.8 Å². The van der Waals surface area contributed by atoms with E-state index in [0.29, 0.717) is 32.1 Å². The second-order valence-corrected chi connectivity index (χ2v) is 6.91. The largest absolute Gasteiger partial charge is 0.481 e. The number of nitrogens with one attached hydrogen (secondary N) is 2. The van der Waals surface area contributed by atoms with Crippen LogP contribution in [0.2, 0.25) is 0 Å². The van der Waals surface area contributed by atoms with E-state index in [1.54, 1.807) is 0 Å². The number of carbonyl (C=O) groups is 2. The van der Waals surface area contributed by atoms with Crippen molar-refractivity contribution in [2.75, 3.05) is 6.54 Å². The molecule has 1 atom stereocenters. The van der Waals surface area contributed by atoms with Crippen LogP contribution in [0, 0.1) is 11.8 Å². The standard InChI is InChI=1S/C16H26F2N2O3/c17-16(18)8-2-1-3-11(9-16)10-19-15(23)20-13-6-4-12(5-7-13)14(21)22/h11-13H,1-10H2,(H,21,22)(H2,19,20,23). The molecule has 23 heavy (non-hydrogen) atoms. The van der Waals surface area contributed by atoms with Gasteiger partial charge in [0.15, 0.2) is 0 Å². The third-order valence-corrected chi connectivity index (χ3v) is 4.96. The highest BCUT2D eigenvalue weighted by Gasteiger charge is 2.34. The molecule has 2 aliphatic rings. The van der Waals surface area contributed by atoms with Crippen LogP contribution in [0.4, 0.5) is 13.6 Å². The summed E-state index contributed by atoms with van der Waals surface area (Å²) >= 11 is 0. The van der Waals surface area contributed by atoms with E-state index in [1.165, 1.54) is 0 Å². The van der Waals surface area contributed by atoms with Crippen molar-refractivity contribution < 1.29 is 23.5 Å². The van der Waals surface area contributed by atoms with E-state index in [2.05, 4.69) is 10.6 Å². The summed E-state index contributed by atoms with van der Waals surface area (Å²) in [4.78, 5) is 22.8. The van der Waals surface area contributed by atoms with E-state index >= 15 is 0 Å². The molecule has 7 heteroatoms. The van der Waals surface area contributed by atoms with Gasteiger partial charge >= 0.3 is 12.0 Å². The van der Waals surface area contributed by atoms with E-state index in [1.807, 2.05) is 0 Å². The van der Waals surface area contributed by atoms with Crippen molar-refractivity contribution in [2.24, 2.45) is 11.8 Å². The van der Waals surface area contributed by atoms with Gasteiger partial charge in [-0.05, 0) is 44.4 Å². The lowest BCUT2D eigenvalue weighted by molar-refractivity contribution is -0.142. The Bertz CT molecular complexity index is 424. The van der Waals surface area contributed by atoms with E-state index in [0.717, 1.165) is 12.8 Å². The average Bonchev–Trinajstić information content (AvgIpc) is 2.66. The fraction of sp³-hybridized carbons (Fsp3) is 0.875. The van der Waals surface area contributed by atoms with Crippen LogP contribution in [0.3, 0.4) is 0 Å². The fourth-order valence-electron chi connectivity index (χ4n) is 3.58. The summed E-state index contributed by atoms with van der Waals surface area (Å²) in [5.41, 5.74) is 0.